The second-order valence-corrected chi connectivity index (χ2v) is 3.48. The summed E-state index contributed by atoms with van der Waals surface area (Å²) in [6.07, 6.45) is 0.798. The molecule has 7 nitrogen and oxygen atoms in total. The van der Waals surface area contributed by atoms with Gasteiger partial charge in [-0.15, -0.1) is 0 Å². The Labute approximate surface area is 107 Å². The van der Waals surface area contributed by atoms with Gasteiger partial charge in [0, 0.05) is 32.8 Å². The fourth-order valence-corrected chi connectivity index (χ4v) is 1.26. The quantitative estimate of drug-likeness (QED) is 0.382. The van der Waals surface area contributed by atoms with Crippen LogP contribution in [-0.2, 0) is 16.1 Å². The minimum Gasteiger partial charge on any atom is -0.477 e. The second-order valence-electron chi connectivity index (χ2n) is 3.48. The van der Waals surface area contributed by atoms with Crippen molar-refractivity contribution in [3.05, 3.63) is 11.9 Å². The Morgan fingerprint density at radius 2 is 2.17 bits per heavy atom. The number of rotatable bonds is 9. The van der Waals surface area contributed by atoms with Crippen molar-refractivity contribution in [1.29, 1.82) is 0 Å². The number of nitrogens with zero attached hydrogens (tertiary/aromatic N) is 2. The van der Waals surface area contributed by atoms with Gasteiger partial charge in [0.25, 0.3) is 0 Å². The molecule has 0 bridgehead atoms. The third-order valence-corrected chi connectivity index (χ3v) is 2.07. The molecule has 3 N–H and O–H groups in total. The van der Waals surface area contributed by atoms with Crippen molar-refractivity contribution in [1.82, 2.24) is 9.97 Å². The third kappa shape index (κ3) is 5.26. The van der Waals surface area contributed by atoms with Crippen LogP contribution in [0.2, 0.25) is 0 Å². The third-order valence-electron chi connectivity index (χ3n) is 2.07. The molecule has 0 saturated carbocycles. The second kappa shape index (κ2) is 8.62. The molecular formula is C11H20N4O3. The molecule has 0 saturated heterocycles. The highest BCUT2D eigenvalue weighted by Crippen LogP contribution is 2.13. The van der Waals surface area contributed by atoms with E-state index in [9.17, 15) is 0 Å². The van der Waals surface area contributed by atoms with E-state index in [-0.39, 0.29) is 0 Å². The number of hydrogen-bond donors (Lipinski definition) is 2. The zero-order chi connectivity index (χ0) is 13.2. The van der Waals surface area contributed by atoms with E-state index in [1.807, 2.05) is 6.92 Å². The van der Waals surface area contributed by atoms with Crippen molar-refractivity contribution in [2.45, 2.75) is 20.0 Å². The van der Waals surface area contributed by atoms with Crippen LogP contribution in [0.1, 0.15) is 19.2 Å². The molecule has 1 aromatic rings. The average molecular weight is 256 g/mol. The van der Waals surface area contributed by atoms with Gasteiger partial charge in [-0.05, 0) is 6.92 Å². The molecule has 0 aliphatic carbocycles. The molecule has 7 heteroatoms. The number of methoxy groups -OCH3 is 1. The van der Waals surface area contributed by atoms with Crippen LogP contribution >= 0.6 is 0 Å². The Morgan fingerprint density at radius 3 is 2.83 bits per heavy atom. The highest BCUT2D eigenvalue weighted by Gasteiger charge is 2.05. The summed E-state index contributed by atoms with van der Waals surface area (Å²) >= 11 is 0. The van der Waals surface area contributed by atoms with Gasteiger partial charge >= 0.3 is 0 Å². The SMILES string of the molecule is CCOCc1nc(NN)cc(OCCCOC)n1. The minimum atomic E-state index is 0.334. The molecule has 0 fully saturated rings. The normalized spacial score (nSPS) is 10.4. The Balaban J connectivity index is 2.58. The Bertz CT molecular complexity index is 349. The highest BCUT2D eigenvalue weighted by atomic mass is 16.5. The first kappa shape index (κ1) is 14.6. The number of hydrogen-bond acceptors (Lipinski definition) is 7. The topological polar surface area (TPSA) is 91.5 Å². The van der Waals surface area contributed by atoms with E-state index in [0.717, 1.165) is 6.42 Å². The summed E-state index contributed by atoms with van der Waals surface area (Å²) in [5.74, 6) is 6.85. The molecule has 0 aliphatic rings. The number of anilines is 1. The van der Waals surface area contributed by atoms with Gasteiger partial charge in [0.2, 0.25) is 5.88 Å². The average Bonchev–Trinajstić information content (AvgIpc) is 2.41. The lowest BCUT2D eigenvalue weighted by Gasteiger charge is -2.09. The molecule has 0 aromatic carbocycles. The Hall–Kier alpha value is -1.44. The lowest BCUT2D eigenvalue weighted by atomic mass is 10.5. The summed E-state index contributed by atoms with van der Waals surface area (Å²) in [5, 5.41) is 0. The van der Waals surface area contributed by atoms with Crippen molar-refractivity contribution in [3.63, 3.8) is 0 Å². The van der Waals surface area contributed by atoms with Gasteiger partial charge in [-0.2, -0.15) is 4.98 Å². The van der Waals surface area contributed by atoms with E-state index in [0.29, 0.717) is 43.9 Å². The van der Waals surface area contributed by atoms with E-state index >= 15 is 0 Å². The summed E-state index contributed by atoms with van der Waals surface area (Å²) < 4.78 is 15.7. The molecule has 0 aliphatic heterocycles. The van der Waals surface area contributed by atoms with E-state index in [4.69, 9.17) is 20.1 Å². The predicted octanol–water partition coefficient (Wildman–Crippen LogP) is 0.714. The Morgan fingerprint density at radius 1 is 1.33 bits per heavy atom. The minimum absolute atomic E-state index is 0.334. The summed E-state index contributed by atoms with van der Waals surface area (Å²) in [4.78, 5) is 8.38. The molecule has 0 spiro atoms. The van der Waals surface area contributed by atoms with Crippen molar-refractivity contribution in [3.8, 4) is 5.88 Å². The fourth-order valence-electron chi connectivity index (χ4n) is 1.26. The lowest BCUT2D eigenvalue weighted by Crippen LogP contribution is -2.12. The smallest absolute Gasteiger partial charge is 0.218 e. The maximum atomic E-state index is 5.49. The molecule has 1 aromatic heterocycles. The van der Waals surface area contributed by atoms with Crippen LogP contribution in [0.25, 0.3) is 0 Å². The summed E-state index contributed by atoms with van der Waals surface area (Å²) in [6, 6.07) is 1.64. The highest BCUT2D eigenvalue weighted by molar-refractivity contribution is 5.36. The number of ether oxygens (including phenoxy) is 3. The van der Waals surface area contributed by atoms with Crippen LogP contribution in [-0.4, -0.2) is 36.9 Å². The molecule has 0 radical (unpaired) electrons. The summed E-state index contributed by atoms with van der Waals surface area (Å²) in [5.41, 5.74) is 2.47. The molecular weight excluding hydrogens is 236 g/mol. The van der Waals surface area contributed by atoms with Gasteiger partial charge < -0.3 is 19.6 Å². The van der Waals surface area contributed by atoms with Crippen LogP contribution in [0.5, 0.6) is 5.88 Å². The zero-order valence-electron chi connectivity index (χ0n) is 10.8. The van der Waals surface area contributed by atoms with Gasteiger partial charge in [0.1, 0.15) is 12.4 Å². The molecule has 0 unspecified atom stereocenters. The number of nitrogens with two attached hydrogens (primary N) is 1. The van der Waals surface area contributed by atoms with Gasteiger partial charge in [-0.25, -0.2) is 10.8 Å². The number of nitrogens with one attached hydrogen (secondary N) is 1. The van der Waals surface area contributed by atoms with E-state index in [1.54, 1.807) is 13.2 Å². The molecule has 0 atom stereocenters. The van der Waals surface area contributed by atoms with Crippen LogP contribution in [0.15, 0.2) is 6.07 Å². The number of hydrazine groups is 1. The Kier molecular flexibility index (Phi) is 7.00. The standard InChI is InChI=1S/C11H20N4O3/c1-3-17-8-10-13-9(15-12)7-11(14-10)18-6-4-5-16-2/h7H,3-6,8,12H2,1-2H3,(H,13,14,15). The summed E-state index contributed by atoms with van der Waals surface area (Å²) in [6.45, 7) is 4.03. The van der Waals surface area contributed by atoms with Gasteiger partial charge in [0.15, 0.2) is 5.82 Å². The maximum absolute atomic E-state index is 5.49. The summed E-state index contributed by atoms with van der Waals surface area (Å²) in [7, 11) is 1.65. The van der Waals surface area contributed by atoms with E-state index in [1.165, 1.54) is 0 Å². The fraction of sp³-hybridized carbons (Fsp3) is 0.636. The number of nitrogen functional groups attached to an aromatic ring is 1. The predicted molar refractivity (Wildman–Crippen MR) is 67.2 cm³/mol. The van der Waals surface area contributed by atoms with Crippen molar-refractivity contribution < 1.29 is 14.2 Å². The molecule has 18 heavy (non-hydrogen) atoms. The van der Waals surface area contributed by atoms with Crippen molar-refractivity contribution in [2.24, 2.45) is 5.84 Å². The monoisotopic (exact) mass is 256 g/mol. The first-order chi connectivity index (χ1) is 8.80. The molecule has 102 valence electrons. The van der Waals surface area contributed by atoms with Gasteiger partial charge in [0.05, 0.1) is 6.61 Å². The first-order valence-electron chi connectivity index (χ1n) is 5.84. The molecule has 1 rings (SSSR count). The van der Waals surface area contributed by atoms with Crippen LogP contribution in [0.3, 0.4) is 0 Å². The van der Waals surface area contributed by atoms with E-state index in [2.05, 4.69) is 15.4 Å². The number of aromatic nitrogens is 2. The molecule has 0 amide bonds. The first-order valence-corrected chi connectivity index (χ1v) is 5.84. The van der Waals surface area contributed by atoms with Crippen LogP contribution in [0.4, 0.5) is 5.82 Å². The lowest BCUT2D eigenvalue weighted by molar-refractivity contribution is 0.127. The van der Waals surface area contributed by atoms with Gasteiger partial charge in [-0.1, -0.05) is 0 Å². The largest absolute Gasteiger partial charge is 0.477 e. The van der Waals surface area contributed by atoms with Gasteiger partial charge in [-0.3, -0.25) is 0 Å². The molecule has 1 heterocycles. The van der Waals surface area contributed by atoms with Crippen LogP contribution < -0.4 is 16.0 Å². The van der Waals surface area contributed by atoms with Crippen molar-refractivity contribution in [2.75, 3.05) is 32.4 Å². The maximum Gasteiger partial charge on any atom is 0.218 e. The zero-order valence-corrected chi connectivity index (χ0v) is 10.8. The van der Waals surface area contributed by atoms with Crippen molar-refractivity contribution >= 4 is 5.82 Å². The van der Waals surface area contributed by atoms with E-state index < -0.39 is 0 Å². The van der Waals surface area contributed by atoms with Crippen LogP contribution in [0, 0.1) is 0 Å².